The van der Waals surface area contributed by atoms with E-state index in [0.29, 0.717) is 22.8 Å². The number of imide groups is 1. The molecule has 1 aliphatic rings. The van der Waals surface area contributed by atoms with Crippen LogP contribution in [0.4, 0.5) is 0 Å². The molecular weight excluding hydrogens is 314 g/mol. The summed E-state index contributed by atoms with van der Waals surface area (Å²) in [4.78, 5) is 24.8. The maximum atomic E-state index is 12.1. The van der Waals surface area contributed by atoms with Crippen molar-refractivity contribution in [3.8, 4) is 17.2 Å². The summed E-state index contributed by atoms with van der Waals surface area (Å²) in [6, 6.07) is 3.36. The van der Waals surface area contributed by atoms with E-state index < -0.39 is 17.9 Å². The van der Waals surface area contributed by atoms with Crippen molar-refractivity contribution in [2.45, 2.75) is 6.10 Å². The Balaban J connectivity index is 2.24. The Labute approximate surface area is 139 Å². The first kappa shape index (κ1) is 17.6. The molecule has 128 valence electrons. The Bertz CT molecular complexity index is 669. The molecule has 0 spiro atoms. The molecule has 0 saturated heterocycles. The number of hydrogen-bond donors (Lipinski definition) is 1. The highest BCUT2D eigenvalue weighted by atomic mass is 16.5. The van der Waals surface area contributed by atoms with Crippen LogP contribution in [0.3, 0.4) is 0 Å². The van der Waals surface area contributed by atoms with Gasteiger partial charge in [-0.1, -0.05) is 0 Å². The molecule has 7 nitrogen and oxygen atoms in total. The topological polar surface area (TPSA) is 85.3 Å². The van der Waals surface area contributed by atoms with Gasteiger partial charge in [0, 0.05) is 12.2 Å². The second-order valence-electron chi connectivity index (χ2n) is 5.01. The smallest absolute Gasteiger partial charge is 0.253 e. The summed E-state index contributed by atoms with van der Waals surface area (Å²) in [5.41, 5.74) is 0.637. The third kappa shape index (κ3) is 3.75. The Morgan fingerprint density at radius 2 is 1.83 bits per heavy atom. The molecule has 7 heteroatoms. The van der Waals surface area contributed by atoms with Crippen molar-refractivity contribution < 1.29 is 28.9 Å². The lowest BCUT2D eigenvalue weighted by Crippen LogP contribution is -2.42. The number of nitrogens with zero attached hydrogens (tertiary/aromatic N) is 1. The second kappa shape index (κ2) is 7.65. The fourth-order valence-electron chi connectivity index (χ4n) is 2.27. The van der Waals surface area contributed by atoms with E-state index in [1.165, 1.54) is 45.6 Å². The van der Waals surface area contributed by atoms with E-state index in [2.05, 4.69) is 0 Å². The van der Waals surface area contributed by atoms with Gasteiger partial charge in [0.1, 0.15) is 0 Å². The van der Waals surface area contributed by atoms with Crippen molar-refractivity contribution in [3.05, 3.63) is 35.9 Å². The van der Waals surface area contributed by atoms with Crippen molar-refractivity contribution in [1.82, 2.24) is 4.90 Å². The number of aliphatic hydroxyl groups excluding tert-OH is 1. The van der Waals surface area contributed by atoms with Gasteiger partial charge in [0.25, 0.3) is 11.8 Å². The lowest BCUT2D eigenvalue weighted by molar-refractivity contribution is -0.140. The van der Waals surface area contributed by atoms with Gasteiger partial charge >= 0.3 is 0 Å². The number of hydrogen-bond acceptors (Lipinski definition) is 6. The SMILES string of the molecule is COc1cc(/C=C/C(=O)N2CC(O)C=CC2=O)cc(OC)c1OC. The van der Waals surface area contributed by atoms with Crippen LogP contribution in [0.5, 0.6) is 17.2 Å². The molecule has 1 N–H and O–H groups in total. The highest BCUT2D eigenvalue weighted by molar-refractivity contribution is 6.07. The largest absolute Gasteiger partial charge is 0.493 e. The molecule has 2 amide bonds. The lowest BCUT2D eigenvalue weighted by Gasteiger charge is -2.23. The summed E-state index contributed by atoms with van der Waals surface area (Å²) in [5, 5.41) is 9.52. The number of aliphatic hydroxyl groups is 1. The molecule has 1 aliphatic heterocycles. The predicted molar refractivity (Wildman–Crippen MR) is 87.0 cm³/mol. The van der Waals surface area contributed by atoms with Gasteiger partial charge in [-0.15, -0.1) is 0 Å². The van der Waals surface area contributed by atoms with E-state index in [0.717, 1.165) is 4.90 Å². The molecule has 0 aromatic heterocycles. The zero-order chi connectivity index (χ0) is 17.7. The van der Waals surface area contributed by atoms with Crippen LogP contribution in [0.1, 0.15) is 5.56 Å². The molecule has 0 fully saturated rings. The monoisotopic (exact) mass is 333 g/mol. The van der Waals surface area contributed by atoms with Crippen molar-refractivity contribution in [1.29, 1.82) is 0 Å². The van der Waals surface area contributed by atoms with E-state index in [-0.39, 0.29) is 6.54 Å². The van der Waals surface area contributed by atoms with Crippen LogP contribution in [0.25, 0.3) is 6.08 Å². The first-order valence-corrected chi connectivity index (χ1v) is 7.20. The molecule has 24 heavy (non-hydrogen) atoms. The second-order valence-corrected chi connectivity index (χ2v) is 5.01. The van der Waals surface area contributed by atoms with Crippen LogP contribution in [0.2, 0.25) is 0 Å². The highest BCUT2D eigenvalue weighted by Crippen LogP contribution is 2.38. The fraction of sp³-hybridized carbons (Fsp3) is 0.294. The first-order chi connectivity index (χ1) is 11.5. The van der Waals surface area contributed by atoms with Gasteiger partial charge in [-0.05, 0) is 29.8 Å². The van der Waals surface area contributed by atoms with E-state index >= 15 is 0 Å². The van der Waals surface area contributed by atoms with Crippen LogP contribution in [0, 0.1) is 0 Å². The Morgan fingerprint density at radius 1 is 1.21 bits per heavy atom. The molecule has 1 heterocycles. The maximum absolute atomic E-state index is 12.1. The standard InChI is InChI=1S/C17H19NO6/c1-22-13-8-11(9-14(23-2)17(13)24-3)4-6-15(20)18-10-12(19)5-7-16(18)21/h4-9,12,19H,10H2,1-3H3/b6-4+. The third-order valence-electron chi connectivity index (χ3n) is 3.47. The maximum Gasteiger partial charge on any atom is 0.253 e. The third-order valence-corrected chi connectivity index (χ3v) is 3.47. The number of amides is 2. The van der Waals surface area contributed by atoms with Gasteiger partial charge < -0.3 is 19.3 Å². The Kier molecular flexibility index (Phi) is 5.59. The van der Waals surface area contributed by atoms with E-state index in [9.17, 15) is 14.7 Å². The zero-order valence-electron chi connectivity index (χ0n) is 13.7. The Hall–Kier alpha value is -2.80. The minimum Gasteiger partial charge on any atom is -0.493 e. The number of β-amino-alcohol motifs (C(OH)–C–C–N with tert-alkyl or cyclic N) is 1. The quantitative estimate of drug-likeness (QED) is 0.810. The molecule has 1 aromatic carbocycles. The highest BCUT2D eigenvalue weighted by Gasteiger charge is 2.23. The van der Waals surface area contributed by atoms with E-state index in [1.807, 2.05) is 0 Å². The minimum absolute atomic E-state index is 0.0617. The Morgan fingerprint density at radius 3 is 2.38 bits per heavy atom. The molecule has 0 aliphatic carbocycles. The summed E-state index contributed by atoms with van der Waals surface area (Å²) >= 11 is 0. The lowest BCUT2D eigenvalue weighted by atomic mass is 10.1. The van der Waals surface area contributed by atoms with Crippen molar-refractivity contribution >= 4 is 17.9 Å². The average Bonchev–Trinajstić information content (AvgIpc) is 2.60. The van der Waals surface area contributed by atoms with Gasteiger partial charge in [0.05, 0.1) is 34.0 Å². The summed E-state index contributed by atoms with van der Waals surface area (Å²) in [6.45, 7) is -0.0617. The predicted octanol–water partition coefficient (Wildman–Crippen LogP) is 1.01. The van der Waals surface area contributed by atoms with Crippen molar-refractivity contribution in [2.24, 2.45) is 0 Å². The molecule has 1 unspecified atom stereocenters. The summed E-state index contributed by atoms with van der Waals surface area (Å²) in [5.74, 6) is 0.382. The molecule has 0 bridgehead atoms. The van der Waals surface area contributed by atoms with Gasteiger partial charge in [-0.3, -0.25) is 14.5 Å². The summed E-state index contributed by atoms with van der Waals surface area (Å²) < 4.78 is 15.7. The molecule has 0 saturated carbocycles. The minimum atomic E-state index is -0.846. The summed E-state index contributed by atoms with van der Waals surface area (Å²) in [6.07, 6.45) is 4.48. The normalized spacial score (nSPS) is 17.2. The zero-order valence-corrected chi connectivity index (χ0v) is 13.7. The molecule has 0 radical (unpaired) electrons. The van der Waals surface area contributed by atoms with E-state index in [1.54, 1.807) is 12.1 Å². The van der Waals surface area contributed by atoms with Crippen molar-refractivity contribution in [2.75, 3.05) is 27.9 Å². The van der Waals surface area contributed by atoms with Crippen molar-refractivity contribution in [3.63, 3.8) is 0 Å². The van der Waals surface area contributed by atoms with Crippen LogP contribution in [-0.2, 0) is 9.59 Å². The van der Waals surface area contributed by atoms with Gasteiger partial charge in [0.15, 0.2) is 11.5 Å². The van der Waals surface area contributed by atoms with E-state index in [4.69, 9.17) is 14.2 Å². The molecule has 1 aromatic rings. The number of rotatable bonds is 5. The number of carbonyl (C=O) groups is 2. The molecule has 1 atom stereocenters. The van der Waals surface area contributed by atoms with Crippen LogP contribution in [-0.4, -0.2) is 55.8 Å². The average molecular weight is 333 g/mol. The number of carbonyl (C=O) groups excluding carboxylic acids is 2. The fourth-order valence-corrected chi connectivity index (χ4v) is 2.27. The van der Waals surface area contributed by atoms with Crippen LogP contribution < -0.4 is 14.2 Å². The molecular formula is C17H19NO6. The van der Waals surface area contributed by atoms with Gasteiger partial charge in [-0.2, -0.15) is 0 Å². The number of methoxy groups -OCH3 is 3. The number of ether oxygens (including phenoxy) is 3. The van der Waals surface area contributed by atoms with Gasteiger partial charge in [-0.25, -0.2) is 0 Å². The molecule has 2 rings (SSSR count). The number of benzene rings is 1. The van der Waals surface area contributed by atoms with Gasteiger partial charge in [0.2, 0.25) is 5.75 Å². The van der Waals surface area contributed by atoms with Crippen LogP contribution in [0.15, 0.2) is 30.4 Å². The van der Waals surface area contributed by atoms with Crippen LogP contribution >= 0.6 is 0 Å². The summed E-state index contributed by atoms with van der Waals surface area (Å²) in [7, 11) is 4.49. The first-order valence-electron chi connectivity index (χ1n) is 7.20.